The fourth-order valence-corrected chi connectivity index (χ4v) is 2.54. The molecule has 3 heteroatoms. The molecule has 0 aromatic carbocycles. The van der Waals surface area contributed by atoms with Crippen molar-refractivity contribution in [1.82, 2.24) is 0 Å². The minimum absolute atomic E-state index is 0.138. The van der Waals surface area contributed by atoms with Gasteiger partial charge in [0.1, 0.15) is 12.7 Å². The van der Waals surface area contributed by atoms with Crippen LogP contribution in [0.15, 0.2) is 12.2 Å². The molecule has 1 rings (SSSR count). The lowest BCUT2D eigenvalue weighted by atomic mass is 10.0. The molecule has 1 fully saturated rings. The van der Waals surface area contributed by atoms with Gasteiger partial charge in [0, 0.05) is 5.57 Å². The van der Waals surface area contributed by atoms with Crippen molar-refractivity contribution in [3.8, 4) is 0 Å². The van der Waals surface area contributed by atoms with Crippen molar-refractivity contribution >= 4 is 5.97 Å². The second kappa shape index (κ2) is 12.7. The van der Waals surface area contributed by atoms with Crippen LogP contribution in [-0.2, 0) is 14.3 Å². The first-order valence-electron chi connectivity index (χ1n) is 9.20. The van der Waals surface area contributed by atoms with Crippen LogP contribution in [0.25, 0.3) is 0 Å². The van der Waals surface area contributed by atoms with Crippen molar-refractivity contribution in [3.63, 3.8) is 0 Å². The summed E-state index contributed by atoms with van der Waals surface area (Å²) < 4.78 is 10.1. The molecule has 1 aliphatic heterocycles. The fourth-order valence-electron chi connectivity index (χ4n) is 2.54. The number of carbonyl (C=O) groups is 1. The van der Waals surface area contributed by atoms with E-state index in [2.05, 4.69) is 13.5 Å². The number of ether oxygens (including phenoxy) is 2. The lowest BCUT2D eigenvalue weighted by molar-refractivity contribution is -0.139. The molecule has 0 aromatic rings. The summed E-state index contributed by atoms with van der Waals surface area (Å²) >= 11 is 0. The van der Waals surface area contributed by atoms with Crippen LogP contribution >= 0.6 is 0 Å². The van der Waals surface area contributed by atoms with Gasteiger partial charge in [-0.05, 0) is 12.8 Å². The van der Waals surface area contributed by atoms with E-state index in [-0.39, 0.29) is 12.1 Å². The number of carbonyl (C=O) groups excluding carboxylic acids is 1. The van der Waals surface area contributed by atoms with E-state index in [1.165, 1.54) is 64.2 Å². The molecule has 1 unspecified atom stereocenters. The molecule has 0 spiro atoms. The van der Waals surface area contributed by atoms with Crippen LogP contribution < -0.4 is 0 Å². The van der Waals surface area contributed by atoms with E-state index < -0.39 is 0 Å². The molecular formula is C19H34O3. The Balaban J connectivity index is 1.80. The van der Waals surface area contributed by atoms with Crippen LogP contribution in [0, 0.1) is 0 Å². The number of rotatable bonds is 15. The standard InChI is InChI=1S/C19H34O3/c1-3-4-5-6-7-8-9-10-11-12-13-14-17(2)19(20)22-16-18-15-21-18/h18H,2-16H2,1H3. The summed E-state index contributed by atoms with van der Waals surface area (Å²) in [6, 6.07) is 0. The molecule has 128 valence electrons. The Morgan fingerprint density at radius 3 is 2.00 bits per heavy atom. The monoisotopic (exact) mass is 310 g/mol. The molecule has 1 heterocycles. The second-order valence-corrected chi connectivity index (χ2v) is 6.44. The van der Waals surface area contributed by atoms with Gasteiger partial charge < -0.3 is 9.47 Å². The highest BCUT2D eigenvalue weighted by molar-refractivity contribution is 5.87. The van der Waals surface area contributed by atoms with Gasteiger partial charge in [0.25, 0.3) is 0 Å². The molecule has 1 atom stereocenters. The van der Waals surface area contributed by atoms with Crippen LogP contribution in [0.3, 0.4) is 0 Å². The Morgan fingerprint density at radius 2 is 1.50 bits per heavy atom. The summed E-state index contributed by atoms with van der Waals surface area (Å²) in [4.78, 5) is 11.6. The van der Waals surface area contributed by atoms with Gasteiger partial charge in [0.15, 0.2) is 0 Å². The van der Waals surface area contributed by atoms with Gasteiger partial charge in [-0.2, -0.15) is 0 Å². The summed E-state index contributed by atoms with van der Waals surface area (Å²) in [5, 5.41) is 0. The van der Waals surface area contributed by atoms with Crippen molar-refractivity contribution < 1.29 is 14.3 Å². The van der Waals surface area contributed by atoms with Crippen LogP contribution in [0.2, 0.25) is 0 Å². The first-order chi connectivity index (χ1) is 10.7. The maximum Gasteiger partial charge on any atom is 0.333 e. The third-order valence-electron chi connectivity index (χ3n) is 4.17. The van der Waals surface area contributed by atoms with Crippen molar-refractivity contribution in [2.75, 3.05) is 13.2 Å². The Kier molecular flexibility index (Phi) is 11.1. The molecule has 0 N–H and O–H groups in total. The lowest BCUT2D eigenvalue weighted by Gasteiger charge is -2.06. The molecule has 0 aromatic heterocycles. The zero-order valence-corrected chi connectivity index (χ0v) is 14.4. The third kappa shape index (κ3) is 10.8. The van der Waals surface area contributed by atoms with Gasteiger partial charge in [-0.25, -0.2) is 4.79 Å². The molecular weight excluding hydrogens is 276 g/mol. The van der Waals surface area contributed by atoms with Crippen LogP contribution in [0.1, 0.15) is 84.0 Å². The minimum Gasteiger partial charge on any atom is -0.459 e. The molecule has 0 radical (unpaired) electrons. The summed E-state index contributed by atoms with van der Waals surface area (Å²) in [6.07, 6.45) is 15.4. The number of epoxide rings is 1. The van der Waals surface area contributed by atoms with Gasteiger partial charge in [0.05, 0.1) is 6.61 Å². The normalized spacial score (nSPS) is 16.5. The number of esters is 1. The Hall–Kier alpha value is -0.830. The maximum absolute atomic E-state index is 11.6. The summed E-state index contributed by atoms with van der Waals surface area (Å²) in [5.74, 6) is -0.248. The van der Waals surface area contributed by atoms with Gasteiger partial charge >= 0.3 is 5.97 Å². The molecule has 3 nitrogen and oxygen atoms in total. The van der Waals surface area contributed by atoms with E-state index in [1.807, 2.05) is 0 Å². The van der Waals surface area contributed by atoms with E-state index in [0.717, 1.165) is 19.4 Å². The van der Waals surface area contributed by atoms with Crippen molar-refractivity contribution in [1.29, 1.82) is 0 Å². The first-order valence-corrected chi connectivity index (χ1v) is 9.20. The Morgan fingerprint density at radius 1 is 1.00 bits per heavy atom. The summed E-state index contributed by atoms with van der Waals surface area (Å²) in [7, 11) is 0. The second-order valence-electron chi connectivity index (χ2n) is 6.44. The summed E-state index contributed by atoms with van der Waals surface area (Å²) in [6.45, 7) is 7.19. The fraction of sp³-hybridized carbons (Fsp3) is 0.842. The molecule has 0 amide bonds. The van der Waals surface area contributed by atoms with Gasteiger partial charge in [-0.3, -0.25) is 0 Å². The van der Waals surface area contributed by atoms with Crippen molar-refractivity contribution in [3.05, 3.63) is 12.2 Å². The Bertz CT molecular complexity index is 308. The van der Waals surface area contributed by atoms with Gasteiger partial charge in [-0.1, -0.05) is 77.7 Å². The maximum atomic E-state index is 11.6. The SMILES string of the molecule is C=C(CCCCCCCCCCCCC)C(=O)OCC1CO1. The van der Waals surface area contributed by atoms with E-state index in [4.69, 9.17) is 9.47 Å². The zero-order chi connectivity index (χ0) is 16.0. The highest BCUT2D eigenvalue weighted by Gasteiger charge is 2.24. The number of hydrogen-bond donors (Lipinski definition) is 0. The van der Waals surface area contributed by atoms with Gasteiger partial charge in [-0.15, -0.1) is 0 Å². The van der Waals surface area contributed by atoms with Gasteiger partial charge in [0.2, 0.25) is 0 Å². The topological polar surface area (TPSA) is 38.8 Å². The van der Waals surface area contributed by atoms with Crippen molar-refractivity contribution in [2.24, 2.45) is 0 Å². The van der Waals surface area contributed by atoms with E-state index in [0.29, 0.717) is 12.2 Å². The zero-order valence-electron chi connectivity index (χ0n) is 14.4. The minimum atomic E-state index is -0.248. The van der Waals surface area contributed by atoms with Crippen LogP contribution in [0.4, 0.5) is 0 Å². The lowest BCUT2D eigenvalue weighted by Crippen LogP contribution is -2.11. The highest BCUT2D eigenvalue weighted by Crippen LogP contribution is 2.15. The quantitative estimate of drug-likeness (QED) is 0.181. The molecule has 0 bridgehead atoms. The van der Waals surface area contributed by atoms with E-state index >= 15 is 0 Å². The predicted molar refractivity (Wildman–Crippen MR) is 90.9 cm³/mol. The first kappa shape index (κ1) is 19.2. The average Bonchev–Trinajstić information content (AvgIpc) is 3.34. The molecule has 1 aliphatic rings. The van der Waals surface area contributed by atoms with Crippen LogP contribution in [0.5, 0.6) is 0 Å². The number of unbranched alkanes of at least 4 members (excludes halogenated alkanes) is 10. The number of hydrogen-bond acceptors (Lipinski definition) is 3. The highest BCUT2D eigenvalue weighted by atomic mass is 16.6. The smallest absolute Gasteiger partial charge is 0.333 e. The van der Waals surface area contributed by atoms with E-state index in [1.54, 1.807) is 0 Å². The largest absolute Gasteiger partial charge is 0.459 e. The van der Waals surface area contributed by atoms with Crippen LogP contribution in [-0.4, -0.2) is 25.3 Å². The van der Waals surface area contributed by atoms with E-state index in [9.17, 15) is 4.79 Å². The average molecular weight is 310 g/mol. The van der Waals surface area contributed by atoms with Crippen molar-refractivity contribution in [2.45, 2.75) is 90.1 Å². The Labute approximate surface area is 136 Å². The molecule has 22 heavy (non-hydrogen) atoms. The molecule has 0 saturated carbocycles. The molecule has 1 saturated heterocycles. The summed E-state index contributed by atoms with van der Waals surface area (Å²) in [5.41, 5.74) is 0.608. The molecule has 0 aliphatic carbocycles. The third-order valence-corrected chi connectivity index (χ3v) is 4.17. The predicted octanol–water partition coefficient (Wildman–Crippen LogP) is 5.19.